The number of benzene rings is 2. The normalized spacial score (nSPS) is 13.2. The summed E-state index contributed by atoms with van der Waals surface area (Å²) in [5.41, 5.74) is 1.78. The molecule has 6 heteroatoms. The highest BCUT2D eigenvalue weighted by Gasteiger charge is 2.26. The molecule has 0 saturated heterocycles. The molecule has 0 aromatic heterocycles. The number of ether oxygens (including phenoxy) is 5. The van der Waals surface area contributed by atoms with E-state index in [-0.39, 0.29) is 25.1 Å². The third kappa shape index (κ3) is 3.47. The topological polar surface area (TPSA) is 63.2 Å². The Hall–Kier alpha value is -2.89. The van der Waals surface area contributed by atoms with Gasteiger partial charge in [-0.05, 0) is 23.8 Å². The summed E-state index contributed by atoms with van der Waals surface area (Å²) in [6.45, 7) is 0.173. The van der Waals surface area contributed by atoms with Crippen molar-refractivity contribution in [3.8, 4) is 23.0 Å². The number of esters is 1. The Kier molecular flexibility index (Phi) is 4.97. The van der Waals surface area contributed by atoms with Gasteiger partial charge in [-0.3, -0.25) is 4.79 Å². The van der Waals surface area contributed by atoms with Crippen molar-refractivity contribution in [3.05, 3.63) is 47.5 Å². The van der Waals surface area contributed by atoms with E-state index in [1.54, 1.807) is 20.3 Å². The molecule has 0 bridgehead atoms. The maximum Gasteiger partial charge on any atom is 0.306 e. The van der Waals surface area contributed by atoms with Crippen LogP contribution in [0.15, 0.2) is 36.4 Å². The molecule has 0 amide bonds. The second-order valence-corrected chi connectivity index (χ2v) is 5.55. The molecule has 0 radical (unpaired) electrons. The molecule has 1 heterocycles. The molecule has 6 nitrogen and oxygen atoms in total. The van der Waals surface area contributed by atoms with Gasteiger partial charge in [-0.2, -0.15) is 0 Å². The summed E-state index contributed by atoms with van der Waals surface area (Å²) in [5.74, 6) is 2.10. The number of rotatable bonds is 6. The monoisotopic (exact) mass is 344 g/mol. The van der Waals surface area contributed by atoms with Gasteiger partial charge in [-0.25, -0.2) is 0 Å². The van der Waals surface area contributed by atoms with Gasteiger partial charge < -0.3 is 23.7 Å². The second kappa shape index (κ2) is 7.34. The fourth-order valence-electron chi connectivity index (χ4n) is 2.88. The van der Waals surface area contributed by atoms with Crippen LogP contribution in [0.5, 0.6) is 23.0 Å². The molecule has 0 saturated carbocycles. The smallest absolute Gasteiger partial charge is 0.306 e. The Bertz CT molecular complexity index is 753. The molecular formula is C19H20O6. The molecule has 132 valence electrons. The maximum absolute atomic E-state index is 12.0. The zero-order valence-corrected chi connectivity index (χ0v) is 14.4. The molecule has 25 heavy (non-hydrogen) atoms. The zero-order valence-electron chi connectivity index (χ0n) is 14.4. The first kappa shape index (κ1) is 17.0. The third-order valence-corrected chi connectivity index (χ3v) is 4.22. The lowest BCUT2D eigenvalue weighted by atomic mass is 9.87. The van der Waals surface area contributed by atoms with E-state index >= 15 is 0 Å². The van der Waals surface area contributed by atoms with Gasteiger partial charge >= 0.3 is 5.97 Å². The van der Waals surface area contributed by atoms with Crippen LogP contribution >= 0.6 is 0 Å². The second-order valence-electron chi connectivity index (χ2n) is 5.55. The van der Waals surface area contributed by atoms with Gasteiger partial charge in [0.25, 0.3) is 0 Å². The summed E-state index contributed by atoms with van der Waals surface area (Å²) in [6, 6.07) is 11.2. The molecule has 2 aromatic carbocycles. The van der Waals surface area contributed by atoms with Crippen molar-refractivity contribution >= 4 is 5.97 Å². The quantitative estimate of drug-likeness (QED) is 0.750. The van der Waals surface area contributed by atoms with Gasteiger partial charge in [0.2, 0.25) is 6.79 Å². The van der Waals surface area contributed by atoms with Crippen LogP contribution in [0.3, 0.4) is 0 Å². The van der Waals surface area contributed by atoms with Crippen molar-refractivity contribution in [2.75, 3.05) is 28.1 Å². The van der Waals surface area contributed by atoms with Crippen molar-refractivity contribution in [1.82, 2.24) is 0 Å². The maximum atomic E-state index is 12.0. The van der Waals surface area contributed by atoms with Crippen LogP contribution in [0.4, 0.5) is 0 Å². The molecule has 0 aliphatic carbocycles. The van der Waals surface area contributed by atoms with Crippen LogP contribution in [0, 0.1) is 0 Å². The van der Waals surface area contributed by atoms with E-state index in [9.17, 15) is 4.79 Å². The van der Waals surface area contributed by atoms with Crippen LogP contribution in [-0.4, -0.2) is 34.1 Å². The van der Waals surface area contributed by atoms with Crippen molar-refractivity contribution in [2.45, 2.75) is 12.3 Å². The molecule has 1 aliphatic heterocycles. The van der Waals surface area contributed by atoms with Crippen LogP contribution < -0.4 is 18.9 Å². The third-order valence-electron chi connectivity index (χ3n) is 4.22. The summed E-state index contributed by atoms with van der Waals surface area (Å²) in [5, 5.41) is 0. The Balaban J connectivity index is 2.05. The molecule has 0 spiro atoms. The predicted octanol–water partition coefficient (Wildman–Crippen LogP) is 3.13. The lowest BCUT2D eigenvalue weighted by Crippen LogP contribution is -2.11. The molecule has 0 unspecified atom stereocenters. The van der Waals surface area contributed by atoms with E-state index in [4.69, 9.17) is 23.7 Å². The van der Waals surface area contributed by atoms with Gasteiger partial charge in [0.1, 0.15) is 11.5 Å². The fourth-order valence-corrected chi connectivity index (χ4v) is 2.88. The number of fused-ring (bicyclic) bond motifs is 1. The van der Waals surface area contributed by atoms with E-state index in [1.165, 1.54) is 7.11 Å². The van der Waals surface area contributed by atoms with Gasteiger partial charge in [0, 0.05) is 17.5 Å². The lowest BCUT2D eigenvalue weighted by molar-refractivity contribution is -0.140. The zero-order chi connectivity index (χ0) is 17.8. The highest BCUT2D eigenvalue weighted by molar-refractivity contribution is 5.72. The lowest BCUT2D eigenvalue weighted by Gasteiger charge is -2.20. The van der Waals surface area contributed by atoms with Crippen LogP contribution in [0.25, 0.3) is 0 Å². The summed E-state index contributed by atoms with van der Waals surface area (Å²) < 4.78 is 26.5. The van der Waals surface area contributed by atoms with Crippen molar-refractivity contribution in [2.24, 2.45) is 0 Å². The molecule has 3 rings (SSSR count). The van der Waals surface area contributed by atoms with Crippen molar-refractivity contribution in [1.29, 1.82) is 0 Å². The predicted molar refractivity (Wildman–Crippen MR) is 90.6 cm³/mol. The summed E-state index contributed by atoms with van der Waals surface area (Å²) >= 11 is 0. The minimum atomic E-state index is -0.305. The molecule has 0 fully saturated rings. The number of carbonyl (C=O) groups excluding carboxylic acids is 1. The Labute approximate surface area is 146 Å². The van der Waals surface area contributed by atoms with E-state index in [2.05, 4.69) is 0 Å². The van der Waals surface area contributed by atoms with Crippen LogP contribution in [0.2, 0.25) is 0 Å². The average molecular weight is 344 g/mol. The van der Waals surface area contributed by atoms with Crippen molar-refractivity contribution in [3.63, 3.8) is 0 Å². The summed E-state index contributed by atoms with van der Waals surface area (Å²) in [7, 11) is 4.58. The highest BCUT2D eigenvalue weighted by Crippen LogP contribution is 2.43. The van der Waals surface area contributed by atoms with E-state index in [1.807, 2.05) is 30.3 Å². The number of hydrogen-bond acceptors (Lipinski definition) is 6. The fraction of sp³-hybridized carbons (Fsp3) is 0.316. The van der Waals surface area contributed by atoms with Crippen LogP contribution in [-0.2, 0) is 9.53 Å². The molecule has 0 N–H and O–H groups in total. The first-order valence-electron chi connectivity index (χ1n) is 7.84. The SMILES string of the molecule is COC(=O)C[C@@H](c1ccc(OC)cc1)c1cc2c(cc1OC)OCO2. The largest absolute Gasteiger partial charge is 0.497 e. The van der Waals surface area contributed by atoms with Gasteiger partial charge in [-0.15, -0.1) is 0 Å². The minimum Gasteiger partial charge on any atom is -0.497 e. The van der Waals surface area contributed by atoms with E-state index in [0.717, 1.165) is 16.9 Å². The Morgan fingerprint density at radius 2 is 1.72 bits per heavy atom. The standard InChI is InChI=1S/C19H20O6/c1-21-13-6-4-12(5-7-13)14(9-19(20)23-3)15-8-17-18(25-11-24-17)10-16(15)22-2/h4-8,10,14H,9,11H2,1-3H3/t14-/m0/s1. The van der Waals surface area contributed by atoms with E-state index in [0.29, 0.717) is 17.2 Å². The molecule has 2 aromatic rings. The van der Waals surface area contributed by atoms with Gasteiger partial charge in [0.05, 0.1) is 27.8 Å². The highest BCUT2D eigenvalue weighted by atomic mass is 16.7. The number of methoxy groups -OCH3 is 3. The minimum absolute atomic E-state index is 0.173. The average Bonchev–Trinajstić information content (AvgIpc) is 3.12. The molecular weight excluding hydrogens is 324 g/mol. The van der Waals surface area contributed by atoms with Gasteiger partial charge in [-0.1, -0.05) is 12.1 Å². The Morgan fingerprint density at radius 3 is 2.32 bits per heavy atom. The van der Waals surface area contributed by atoms with Gasteiger partial charge in [0.15, 0.2) is 11.5 Å². The first-order chi connectivity index (χ1) is 12.2. The van der Waals surface area contributed by atoms with Crippen molar-refractivity contribution < 1.29 is 28.5 Å². The first-order valence-corrected chi connectivity index (χ1v) is 7.84. The Morgan fingerprint density at radius 1 is 1.04 bits per heavy atom. The van der Waals surface area contributed by atoms with Crippen LogP contribution in [0.1, 0.15) is 23.5 Å². The molecule has 1 atom stereocenters. The summed E-state index contributed by atoms with van der Waals surface area (Å²) in [6.07, 6.45) is 0.179. The number of hydrogen-bond donors (Lipinski definition) is 0. The molecule has 1 aliphatic rings. The summed E-state index contributed by atoms with van der Waals surface area (Å²) in [4.78, 5) is 12.0. The number of carbonyl (C=O) groups is 1. The van der Waals surface area contributed by atoms with E-state index < -0.39 is 0 Å².